The van der Waals surface area contributed by atoms with Gasteiger partial charge in [-0.2, -0.15) is 0 Å². The first-order valence-corrected chi connectivity index (χ1v) is 1.51. The van der Waals surface area contributed by atoms with Gasteiger partial charge in [0, 0.05) is 0 Å². The van der Waals surface area contributed by atoms with Gasteiger partial charge in [0.25, 0.3) is 0 Å². The number of hydrogen-bond donors (Lipinski definition) is 2. The number of carbonyl (C=O) groups is 1. The van der Waals surface area contributed by atoms with Crippen molar-refractivity contribution in [1.29, 1.82) is 0 Å². The minimum absolute atomic E-state index is 0.296. The standard InChI is InChI=1S/C2H6N2O3/c3-2(5)6-1-7-4/h1,4H2,(H2,3,5). The van der Waals surface area contributed by atoms with Crippen LogP contribution in [0.25, 0.3) is 0 Å². The molecule has 0 unspecified atom stereocenters. The topological polar surface area (TPSA) is 87.6 Å². The summed E-state index contributed by atoms with van der Waals surface area (Å²) in [6.45, 7) is -0.296. The summed E-state index contributed by atoms with van der Waals surface area (Å²) in [7, 11) is 0. The highest BCUT2D eigenvalue weighted by atomic mass is 16.7. The molecule has 0 aromatic heterocycles. The van der Waals surface area contributed by atoms with Crippen LogP contribution in [-0.2, 0) is 9.57 Å². The Morgan fingerprint density at radius 1 is 1.71 bits per heavy atom. The fraction of sp³-hybridized carbons (Fsp3) is 0.500. The number of nitrogens with two attached hydrogens (primary N) is 2. The summed E-state index contributed by atoms with van der Waals surface area (Å²) in [4.78, 5) is 13.5. The van der Waals surface area contributed by atoms with Crippen LogP contribution in [0.5, 0.6) is 0 Å². The van der Waals surface area contributed by atoms with Crippen molar-refractivity contribution < 1.29 is 14.4 Å². The summed E-state index contributed by atoms with van der Waals surface area (Å²) in [6, 6.07) is 0. The minimum atomic E-state index is -0.898. The summed E-state index contributed by atoms with van der Waals surface area (Å²) in [6.07, 6.45) is -0.898. The first-order chi connectivity index (χ1) is 3.27. The van der Waals surface area contributed by atoms with Gasteiger partial charge in [-0.25, -0.2) is 10.7 Å². The van der Waals surface area contributed by atoms with Crippen molar-refractivity contribution in [2.24, 2.45) is 11.6 Å². The summed E-state index contributed by atoms with van der Waals surface area (Å²) in [5.41, 5.74) is 4.48. The third kappa shape index (κ3) is 5.19. The van der Waals surface area contributed by atoms with E-state index in [1.807, 2.05) is 0 Å². The predicted molar refractivity (Wildman–Crippen MR) is 20.8 cm³/mol. The van der Waals surface area contributed by atoms with E-state index in [2.05, 4.69) is 21.2 Å². The van der Waals surface area contributed by atoms with Crippen molar-refractivity contribution >= 4 is 6.09 Å². The van der Waals surface area contributed by atoms with Gasteiger partial charge in [-0.05, 0) is 0 Å². The lowest BCUT2D eigenvalue weighted by molar-refractivity contribution is -0.0130. The van der Waals surface area contributed by atoms with Crippen LogP contribution in [0, 0.1) is 0 Å². The number of rotatable bonds is 2. The fourth-order valence-corrected chi connectivity index (χ4v) is 0.0921. The molecule has 0 fully saturated rings. The highest BCUT2D eigenvalue weighted by Crippen LogP contribution is 1.67. The summed E-state index contributed by atoms with van der Waals surface area (Å²) < 4.78 is 3.98. The van der Waals surface area contributed by atoms with Gasteiger partial charge in [0.1, 0.15) is 0 Å². The third-order valence-corrected chi connectivity index (χ3v) is 0.269. The molecule has 0 aliphatic carbocycles. The van der Waals surface area contributed by atoms with Gasteiger partial charge in [-0.1, -0.05) is 0 Å². The smallest absolute Gasteiger partial charge is 0.406 e. The summed E-state index contributed by atoms with van der Waals surface area (Å²) >= 11 is 0. The number of carbonyl (C=O) groups excluding carboxylic acids is 1. The van der Waals surface area contributed by atoms with Crippen molar-refractivity contribution in [3.8, 4) is 0 Å². The molecule has 0 aliphatic rings. The van der Waals surface area contributed by atoms with E-state index in [1.54, 1.807) is 0 Å². The largest absolute Gasteiger partial charge is 0.421 e. The monoisotopic (exact) mass is 106 g/mol. The molecule has 0 atom stereocenters. The lowest BCUT2D eigenvalue weighted by Crippen LogP contribution is -2.16. The van der Waals surface area contributed by atoms with E-state index in [9.17, 15) is 4.79 Å². The van der Waals surface area contributed by atoms with Crippen LogP contribution in [0.3, 0.4) is 0 Å². The molecule has 5 nitrogen and oxygen atoms in total. The average molecular weight is 106 g/mol. The van der Waals surface area contributed by atoms with Crippen LogP contribution in [-0.4, -0.2) is 12.9 Å². The zero-order chi connectivity index (χ0) is 5.70. The average Bonchev–Trinajstić information content (AvgIpc) is 1.61. The Hall–Kier alpha value is -0.810. The molecule has 0 bridgehead atoms. The molecular formula is C2H6N2O3. The van der Waals surface area contributed by atoms with Crippen molar-refractivity contribution in [1.82, 2.24) is 0 Å². The second-order valence-corrected chi connectivity index (χ2v) is 0.748. The molecule has 0 saturated heterocycles. The molecule has 1 amide bonds. The normalized spacial score (nSPS) is 8.14. The number of primary amides is 1. The number of hydrogen-bond acceptors (Lipinski definition) is 4. The second kappa shape index (κ2) is 3.38. The zero-order valence-electron chi connectivity index (χ0n) is 3.59. The Kier molecular flexibility index (Phi) is 2.99. The van der Waals surface area contributed by atoms with Crippen molar-refractivity contribution in [2.45, 2.75) is 0 Å². The molecule has 5 heteroatoms. The van der Waals surface area contributed by atoms with Crippen LogP contribution < -0.4 is 11.6 Å². The minimum Gasteiger partial charge on any atom is -0.421 e. The number of amides is 1. The molecular weight excluding hydrogens is 100 g/mol. The molecule has 42 valence electrons. The van der Waals surface area contributed by atoms with Gasteiger partial charge in [0.2, 0.25) is 6.79 Å². The van der Waals surface area contributed by atoms with Gasteiger partial charge in [0.15, 0.2) is 0 Å². The van der Waals surface area contributed by atoms with Gasteiger partial charge in [0.05, 0.1) is 0 Å². The maximum Gasteiger partial charge on any atom is 0.406 e. The van der Waals surface area contributed by atoms with E-state index in [-0.39, 0.29) is 6.79 Å². The highest BCUT2D eigenvalue weighted by Gasteiger charge is 1.86. The van der Waals surface area contributed by atoms with Crippen LogP contribution in [0.1, 0.15) is 0 Å². The van der Waals surface area contributed by atoms with Crippen LogP contribution in [0.4, 0.5) is 4.79 Å². The molecule has 0 aliphatic heterocycles. The molecule has 4 N–H and O–H groups in total. The van der Waals surface area contributed by atoms with E-state index in [0.29, 0.717) is 0 Å². The Morgan fingerprint density at radius 2 is 2.29 bits per heavy atom. The highest BCUT2D eigenvalue weighted by molar-refractivity contribution is 5.64. The molecule has 0 radical (unpaired) electrons. The molecule has 7 heavy (non-hydrogen) atoms. The molecule has 0 heterocycles. The molecule has 0 rings (SSSR count). The van der Waals surface area contributed by atoms with Gasteiger partial charge in [-0.15, -0.1) is 0 Å². The van der Waals surface area contributed by atoms with E-state index < -0.39 is 6.09 Å². The van der Waals surface area contributed by atoms with Crippen LogP contribution in [0.15, 0.2) is 0 Å². The molecule has 0 aromatic rings. The van der Waals surface area contributed by atoms with E-state index in [1.165, 1.54) is 0 Å². The van der Waals surface area contributed by atoms with Crippen LogP contribution >= 0.6 is 0 Å². The SMILES string of the molecule is NOCOC(N)=O. The zero-order valence-corrected chi connectivity index (χ0v) is 3.59. The Balaban J connectivity index is 2.82. The van der Waals surface area contributed by atoms with Gasteiger partial charge in [-0.3, -0.25) is 4.84 Å². The predicted octanol–water partition coefficient (Wildman–Crippen LogP) is -1.07. The van der Waals surface area contributed by atoms with Gasteiger partial charge >= 0.3 is 6.09 Å². The maximum atomic E-state index is 9.62. The third-order valence-electron chi connectivity index (χ3n) is 0.269. The van der Waals surface area contributed by atoms with E-state index in [4.69, 9.17) is 0 Å². The summed E-state index contributed by atoms with van der Waals surface area (Å²) in [5, 5.41) is 0. The Bertz CT molecular complexity index is 64.0. The fourth-order valence-electron chi connectivity index (χ4n) is 0.0921. The van der Waals surface area contributed by atoms with Gasteiger partial charge < -0.3 is 10.5 Å². The quantitative estimate of drug-likeness (QED) is 0.346. The lowest BCUT2D eigenvalue weighted by atomic mass is 11.2. The van der Waals surface area contributed by atoms with Crippen molar-refractivity contribution in [3.05, 3.63) is 0 Å². The maximum absolute atomic E-state index is 9.62. The van der Waals surface area contributed by atoms with E-state index in [0.717, 1.165) is 0 Å². The van der Waals surface area contributed by atoms with Crippen molar-refractivity contribution in [2.75, 3.05) is 6.79 Å². The first-order valence-electron chi connectivity index (χ1n) is 1.51. The second-order valence-electron chi connectivity index (χ2n) is 0.748. The molecule has 0 aromatic carbocycles. The lowest BCUT2D eigenvalue weighted by Gasteiger charge is -1.93. The van der Waals surface area contributed by atoms with Crippen LogP contribution in [0.2, 0.25) is 0 Å². The molecule has 0 saturated carbocycles. The molecule has 0 spiro atoms. The Morgan fingerprint density at radius 3 is 2.43 bits per heavy atom. The first kappa shape index (κ1) is 6.19. The number of ether oxygens (including phenoxy) is 1. The van der Waals surface area contributed by atoms with E-state index >= 15 is 0 Å². The van der Waals surface area contributed by atoms with Crippen molar-refractivity contribution in [3.63, 3.8) is 0 Å². The Labute approximate surface area is 40.1 Å². The summed E-state index contributed by atoms with van der Waals surface area (Å²) in [5.74, 6) is 4.44.